The summed E-state index contributed by atoms with van der Waals surface area (Å²) in [4.78, 5) is 14.1. The van der Waals surface area contributed by atoms with Crippen molar-refractivity contribution in [3.63, 3.8) is 0 Å². The van der Waals surface area contributed by atoms with E-state index in [2.05, 4.69) is 5.32 Å². The van der Waals surface area contributed by atoms with E-state index in [1.807, 2.05) is 18.2 Å². The SMILES string of the molecule is O=C(c1cc(F)ccc1F)N1CCCNc2ccccc21. The highest BCUT2D eigenvalue weighted by molar-refractivity contribution is 6.08. The van der Waals surface area contributed by atoms with Gasteiger partial charge in [0.15, 0.2) is 0 Å². The van der Waals surface area contributed by atoms with Crippen LogP contribution in [0.1, 0.15) is 16.8 Å². The number of para-hydroxylation sites is 2. The number of benzene rings is 2. The van der Waals surface area contributed by atoms with Gasteiger partial charge in [0.2, 0.25) is 0 Å². The number of halogens is 2. The Bertz CT molecular complexity index is 688. The molecule has 3 rings (SSSR count). The zero-order valence-corrected chi connectivity index (χ0v) is 11.3. The van der Waals surface area contributed by atoms with Crippen LogP contribution in [-0.4, -0.2) is 19.0 Å². The zero-order valence-electron chi connectivity index (χ0n) is 11.3. The van der Waals surface area contributed by atoms with E-state index in [1.54, 1.807) is 6.07 Å². The molecule has 0 aromatic heterocycles. The van der Waals surface area contributed by atoms with Crippen molar-refractivity contribution in [3.8, 4) is 0 Å². The van der Waals surface area contributed by atoms with Crippen molar-refractivity contribution in [1.82, 2.24) is 0 Å². The molecule has 108 valence electrons. The summed E-state index contributed by atoms with van der Waals surface area (Å²) in [7, 11) is 0. The van der Waals surface area contributed by atoms with Crippen LogP contribution in [0.15, 0.2) is 42.5 Å². The number of rotatable bonds is 1. The standard InChI is InChI=1S/C16H14F2N2O/c17-11-6-7-13(18)12(10-11)16(21)20-9-3-8-19-14-4-1-2-5-15(14)20/h1-2,4-7,10,19H,3,8-9H2. The van der Waals surface area contributed by atoms with Gasteiger partial charge in [-0.25, -0.2) is 8.78 Å². The Morgan fingerprint density at radius 2 is 1.95 bits per heavy atom. The van der Waals surface area contributed by atoms with Crippen molar-refractivity contribution in [2.45, 2.75) is 6.42 Å². The molecule has 0 spiro atoms. The maximum absolute atomic E-state index is 13.8. The number of carbonyl (C=O) groups excluding carboxylic acids is 1. The van der Waals surface area contributed by atoms with Gasteiger partial charge in [-0.3, -0.25) is 4.79 Å². The Morgan fingerprint density at radius 1 is 1.14 bits per heavy atom. The van der Waals surface area contributed by atoms with Gasteiger partial charge in [-0.1, -0.05) is 12.1 Å². The number of anilines is 2. The van der Waals surface area contributed by atoms with Crippen LogP contribution < -0.4 is 10.2 Å². The average molecular weight is 288 g/mol. The van der Waals surface area contributed by atoms with Gasteiger partial charge in [-0.15, -0.1) is 0 Å². The van der Waals surface area contributed by atoms with Crippen molar-refractivity contribution in [1.29, 1.82) is 0 Å². The molecule has 0 fully saturated rings. The van der Waals surface area contributed by atoms with Gasteiger partial charge in [-0.2, -0.15) is 0 Å². The minimum atomic E-state index is -0.712. The number of hydrogen-bond acceptors (Lipinski definition) is 2. The van der Waals surface area contributed by atoms with Crippen LogP contribution in [0.5, 0.6) is 0 Å². The molecule has 1 amide bonds. The maximum atomic E-state index is 13.8. The molecule has 5 heteroatoms. The highest BCUT2D eigenvalue weighted by Gasteiger charge is 2.24. The molecule has 0 bridgehead atoms. The van der Waals surface area contributed by atoms with Crippen LogP contribution >= 0.6 is 0 Å². The molecule has 3 nitrogen and oxygen atoms in total. The smallest absolute Gasteiger partial charge is 0.261 e. The van der Waals surface area contributed by atoms with E-state index in [0.29, 0.717) is 12.2 Å². The Labute approximate surface area is 121 Å². The molecule has 1 heterocycles. The third-order valence-corrected chi connectivity index (χ3v) is 3.47. The number of nitrogens with one attached hydrogen (secondary N) is 1. The number of amides is 1. The fraction of sp³-hybridized carbons (Fsp3) is 0.188. The number of nitrogens with zero attached hydrogens (tertiary/aromatic N) is 1. The number of hydrogen-bond donors (Lipinski definition) is 1. The average Bonchev–Trinajstić information content (AvgIpc) is 2.71. The summed E-state index contributed by atoms with van der Waals surface area (Å²) in [6.07, 6.45) is 0.733. The fourth-order valence-corrected chi connectivity index (χ4v) is 2.46. The minimum absolute atomic E-state index is 0.244. The third-order valence-electron chi connectivity index (χ3n) is 3.47. The molecule has 21 heavy (non-hydrogen) atoms. The van der Waals surface area contributed by atoms with Crippen molar-refractivity contribution in [2.75, 3.05) is 23.3 Å². The molecular weight excluding hydrogens is 274 g/mol. The van der Waals surface area contributed by atoms with Crippen LogP contribution in [0.2, 0.25) is 0 Å². The van der Waals surface area contributed by atoms with Crippen LogP contribution in [-0.2, 0) is 0 Å². The van der Waals surface area contributed by atoms with Gasteiger partial charge in [0.1, 0.15) is 11.6 Å². The van der Waals surface area contributed by atoms with Crippen LogP contribution in [0.4, 0.5) is 20.2 Å². The molecular formula is C16H14F2N2O. The Hall–Kier alpha value is -2.43. The monoisotopic (exact) mass is 288 g/mol. The molecule has 0 saturated heterocycles. The second kappa shape index (κ2) is 5.52. The first-order chi connectivity index (χ1) is 10.2. The van der Waals surface area contributed by atoms with Gasteiger partial charge in [0, 0.05) is 13.1 Å². The normalized spacial score (nSPS) is 14.1. The van der Waals surface area contributed by atoms with Crippen molar-refractivity contribution < 1.29 is 13.6 Å². The van der Waals surface area contributed by atoms with Crippen LogP contribution in [0, 0.1) is 11.6 Å². The van der Waals surface area contributed by atoms with E-state index < -0.39 is 17.5 Å². The molecule has 2 aromatic rings. The number of fused-ring (bicyclic) bond motifs is 1. The van der Waals surface area contributed by atoms with E-state index in [-0.39, 0.29) is 5.56 Å². The lowest BCUT2D eigenvalue weighted by molar-refractivity contribution is 0.0983. The second-order valence-corrected chi connectivity index (χ2v) is 4.88. The minimum Gasteiger partial charge on any atom is -0.383 e. The largest absolute Gasteiger partial charge is 0.383 e. The van der Waals surface area contributed by atoms with Crippen LogP contribution in [0.25, 0.3) is 0 Å². The van der Waals surface area contributed by atoms with Gasteiger partial charge in [0.05, 0.1) is 16.9 Å². The fourth-order valence-electron chi connectivity index (χ4n) is 2.46. The summed E-state index contributed by atoms with van der Waals surface area (Å²) in [6.45, 7) is 1.19. The lowest BCUT2D eigenvalue weighted by Gasteiger charge is -2.22. The highest BCUT2D eigenvalue weighted by atomic mass is 19.1. The molecule has 0 atom stereocenters. The van der Waals surface area contributed by atoms with E-state index in [0.717, 1.165) is 36.9 Å². The molecule has 0 unspecified atom stereocenters. The lowest BCUT2D eigenvalue weighted by Crippen LogP contribution is -2.32. The second-order valence-electron chi connectivity index (χ2n) is 4.88. The van der Waals surface area contributed by atoms with E-state index >= 15 is 0 Å². The van der Waals surface area contributed by atoms with Gasteiger partial charge < -0.3 is 10.2 Å². The first-order valence-corrected chi connectivity index (χ1v) is 6.76. The predicted molar refractivity (Wildman–Crippen MR) is 77.6 cm³/mol. The maximum Gasteiger partial charge on any atom is 0.261 e. The van der Waals surface area contributed by atoms with E-state index in [9.17, 15) is 13.6 Å². The summed E-state index contributed by atoms with van der Waals surface area (Å²) >= 11 is 0. The summed E-state index contributed by atoms with van der Waals surface area (Å²) < 4.78 is 27.1. The number of carbonyl (C=O) groups is 1. The Morgan fingerprint density at radius 3 is 2.81 bits per heavy atom. The summed E-state index contributed by atoms with van der Waals surface area (Å²) in [6, 6.07) is 10.3. The van der Waals surface area contributed by atoms with Gasteiger partial charge in [0.25, 0.3) is 5.91 Å². The first kappa shape index (κ1) is 13.5. The topological polar surface area (TPSA) is 32.3 Å². The van der Waals surface area contributed by atoms with Crippen molar-refractivity contribution in [2.24, 2.45) is 0 Å². The molecule has 0 saturated carbocycles. The highest BCUT2D eigenvalue weighted by Crippen LogP contribution is 2.29. The van der Waals surface area contributed by atoms with Crippen molar-refractivity contribution in [3.05, 3.63) is 59.7 Å². The first-order valence-electron chi connectivity index (χ1n) is 6.76. The Kier molecular flexibility index (Phi) is 3.56. The molecule has 1 N–H and O–H groups in total. The predicted octanol–water partition coefficient (Wildman–Crippen LogP) is 3.43. The van der Waals surface area contributed by atoms with Gasteiger partial charge >= 0.3 is 0 Å². The lowest BCUT2D eigenvalue weighted by atomic mass is 10.1. The van der Waals surface area contributed by atoms with Gasteiger partial charge in [-0.05, 0) is 36.8 Å². The van der Waals surface area contributed by atoms with E-state index in [1.165, 1.54) is 4.90 Å². The molecule has 2 aromatic carbocycles. The van der Waals surface area contributed by atoms with Crippen molar-refractivity contribution >= 4 is 17.3 Å². The molecule has 0 radical (unpaired) electrons. The van der Waals surface area contributed by atoms with E-state index in [4.69, 9.17) is 0 Å². The molecule has 0 aliphatic carbocycles. The zero-order chi connectivity index (χ0) is 14.8. The third kappa shape index (κ3) is 2.59. The van der Waals surface area contributed by atoms with Crippen LogP contribution in [0.3, 0.4) is 0 Å². The summed E-state index contributed by atoms with van der Waals surface area (Å²) in [5.74, 6) is -1.86. The summed E-state index contributed by atoms with van der Waals surface area (Å²) in [5.41, 5.74) is 1.26. The Balaban J connectivity index is 2.03. The summed E-state index contributed by atoms with van der Waals surface area (Å²) in [5, 5.41) is 3.23. The quantitative estimate of drug-likeness (QED) is 0.872. The molecule has 1 aliphatic rings. The molecule has 1 aliphatic heterocycles.